The molecule has 0 amide bonds. The SMILES string of the molecule is CCOCc1nc2c(N)nc3cc(/C=C/c4cccnc4)ccc3c2n1CCCOC. The van der Waals surface area contributed by atoms with Gasteiger partial charge in [0.1, 0.15) is 17.9 Å². The lowest BCUT2D eigenvalue weighted by atomic mass is 10.1. The van der Waals surface area contributed by atoms with Gasteiger partial charge in [-0.1, -0.05) is 30.4 Å². The Morgan fingerprint density at radius 1 is 1.13 bits per heavy atom. The van der Waals surface area contributed by atoms with Gasteiger partial charge in [-0.25, -0.2) is 9.97 Å². The second-order valence-electron chi connectivity index (χ2n) is 7.25. The Balaban J connectivity index is 1.79. The van der Waals surface area contributed by atoms with E-state index >= 15 is 0 Å². The van der Waals surface area contributed by atoms with Gasteiger partial charge in [0.05, 0.1) is 11.0 Å². The summed E-state index contributed by atoms with van der Waals surface area (Å²) in [5, 5.41) is 1.02. The molecule has 0 fully saturated rings. The largest absolute Gasteiger partial charge is 0.385 e. The smallest absolute Gasteiger partial charge is 0.152 e. The van der Waals surface area contributed by atoms with Gasteiger partial charge in [0, 0.05) is 44.6 Å². The molecule has 3 aromatic heterocycles. The minimum Gasteiger partial charge on any atom is -0.385 e. The van der Waals surface area contributed by atoms with Crippen LogP contribution in [0.4, 0.5) is 5.82 Å². The summed E-state index contributed by atoms with van der Waals surface area (Å²) in [5.41, 5.74) is 11.0. The second kappa shape index (κ2) is 9.68. The average Bonchev–Trinajstić information content (AvgIpc) is 3.16. The molecule has 1 aromatic carbocycles. The zero-order valence-electron chi connectivity index (χ0n) is 17.9. The monoisotopic (exact) mass is 417 g/mol. The van der Waals surface area contributed by atoms with Crippen LogP contribution in [0, 0.1) is 0 Å². The Labute approximate surface area is 181 Å². The summed E-state index contributed by atoms with van der Waals surface area (Å²) >= 11 is 0. The van der Waals surface area contributed by atoms with Crippen LogP contribution in [0.2, 0.25) is 0 Å². The van der Waals surface area contributed by atoms with Crippen molar-refractivity contribution in [1.82, 2.24) is 19.5 Å². The van der Waals surface area contributed by atoms with Crippen LogP contribution in [-0.4, -0.2) is 39.8 Å². The summed E-state index contributed by atoms with van der Waals surface area (Å²) in [6, 6.07) is 10.2. The molecule has 0 radical (unpaired) electrons. The van der Waals surface area contributed by atoms with E-state index in [-0.39, 0.29) is 0 Å². The topological polar surface area (TPSA) is 88.1 Å². The average molecular weight is 418 g/mol. The van der Waals surface area contributed by atoms with Gasteiger partial charge in [-0.3, -0.25) is 4.98 Å². The molecule has 7 heteroatoms. The van der Waals surface area contributed by atoms with Crippen molar-refractivity contribution in [3.05, 3.63) is 59.7 Å². The molecule has 0 aliphatic heterocycles. The van der Waals surface area contributed by atoms with E-state index in [2.05, 4.69) is 32.7 Å². The lowest BCUT2D eigenvalue weighted by Crippen LogP contribution is -2.08. The number of hydrogen-bond donors (Lipinski definition) is 1. The highest BCUT2D eigenvalue weighted by Gasteiger charge is 2.17. The molecule has 4 aromatic rings. The molecule has 31 heavy (non-hydrogen) atoms. The predicted molar refractivity (Wildman–Crippen MR) is 124 cm³/mol. The fourth-order valence-corrected chi connectivity index (χ4v) is 3.66. The lowest BCUT2D eigenvalue weighted by Gasteiger charge is -2.11. The number of fused-ring (bicyclic) bond motifs is 3. The van der Waals surface area contributed by atoms with Crippen molar-refractivity contribution in [2.45, 2.75) is 26.5 Å². The van der Waals surface area contributed by atoms with E-state index in [1.165, 1.54) is 0 Å². The molecular weight excluding hydrogens is 390 g/mol. The molecular formula is C24H27N5O2. The molecule has 4 rings (SSSR count). The van der Waals surface area contributed by atoms with Crippen molar-refractivity contribution in [3.63, 3.8) is 0 Å². The summed E-state index contributed by atoms with van der Waals surface area (Å²) in [4.78, 5) is 13.6. The van der Waals surface area contributed by atoms with E-state index in [1.54, 1.807) is 13.3 Å². The first-order chi connectivity index (χ1) is 15.2. The fraction of sp³-hybridized carbons (Fsp3) is 0.292. The maximum Gasteiger partial charge on any atom is 0.152 e. The fourth-order valence-electron chi connectivity index (χ4n) is 3.66. The zero-order valence-corrected chi connectivity index (χ0v) is 17.9. The standard InChI is InChI=1S/C24H27N5O2/c1-3-31-16-21-28-22-23(29(21)12-5-13-30-2)19-10-9-17(14-20(19)27-24(22)25)7-8-18-6-4-11-26-15-18/h4,6-11,14-15H,3,5,12-13,16H2,1-2H3,(H2,25,27)/b8-7+. The first-order valence-electron chi connectivity index (χ1n) is 10.4. The Kier molecular flexibility index (Phi) is 6.54. The Morgan fingerprint density at radius 3 is 2.77 bits per heavy atom. The third-order valence-electron chi connectivity index (χ3n) is 5.13. The van der Waals surface area contributed by atoms with Crippen LogP contribution < -0.4 is 5.73 Å². The molecule has 0 unspecified atom stereocenters. The maximum atomic E-state index is 6.32. The number of hydrogen-bond acceptors (Lipinski definition) is 6. The van der Waals surface area contributed by atoms with Crippen LogP contribution in [0.5, 0.6) is 0 Å². The summed E-state index contributed by atoms with van der Waals surface area (Å²) in [5.74, 6) is 1.29. The number of benzene rings is 1. The third-order valence-corrected chi connectivity index (χ3v) is 5.13. The highest BCUT2D eigenvalue weighted by atomic mass is 16.5. The summed E-state index contributed by atoms with van der Waals surface area (Å²) in [6.07, 6.45) is 8.55. The van der Waals surface area contributed by atoms with Gasteiger partial charge >= 0.3 is 0 Å². The van der Waals surface area contributed by atoms with Gasteiger partial charge in [-0.05, 0) is 36.6 Å². The zero-order chi connectivity index (χ0) is 21.6. The normalized spacial score (nSPS) is 11.8. The van der Waals surface area contributed by atoms with Gasteiger partial charge in [0.2, 0.25) is 0 Å². The minimum atomic E-state index is 0.430. The van der Waals surface area contributed by atoms with Gasteiger partial charge in [0.15, 0.2) is 5.82 Å². The van der Waals surface area contributed by atoms with E-state index in [1.807, 2.05) is 37.4 Å². The molecule has 0 aliphatic carbocycles. The number of methoxy groups -OCH3 is 1. The minimum absolute atomic E-state index is 0.430. The first-order valence-corrected chi connectivity index (χ1v) is 10.4. The molecule has 0 spiro atoms. The van der Waals surface area contributed by atoms with Crippen LogP contribution in [-0.2, 0) is 22.6 Å². The number of rotatable bonds is 9. The number of anilines is 1. The van der Waals surface area contributed by atoms with E-state index < -0.39 is 0 Å². The molecule has 2 N–H and O–H groups in total. The maximum absolute atomic E-state index is 6.32. The summed E-state index contributed by atoms with van der Waals surface area (Å²) in [6.45, 7) is 4.49. The number of pyridine rings is 2. The van der Waals surface area contributed by atoms with Gasteiger partial charge < -0.3 is 19.8 Å². The molecule has 0 bridgehead atoms. The van der Waals surface area contributed by atoms with Crippen molar-refractivity contribution in [2.24, 2.45) is 0 Å². The number of nitrogens with zero attached hydrogens (tertiary/aromatic N) is 4. The molecule has 3 heterocycles. The van der Waals surface area contributed by atoms with E-state index in [4.69, 9.17) is 20.2 Å². The molecule has 160 valence electrons. The van der Waals surface area contributed by atoms with Crippen molar-refractivity contribution in [3.8, 4) is 0 Å². The van der Waals surface area contributed by atoms with Crippen LogP contribution in [0.25, 0.3) is 34.1 Å². The third kappa shape index (κ3) is 4.57. The van der Waals surface area contributed by atoms with Crippen molar-refractivity contribution < 1.29 is 9.47 Å². The van der Waals surface area contributed by atoms with E-state index in [0.29, 0.717) is 25.6 Å². The number of ether oxygens (including phenoxy) is 2. The van der Waals surface area contributed by atoms with E-state index in [9.17, 15) is 0 Å². The van der Waals surface area contributed by atoms with Gasteiger partial charge in [-0.15, -0.1) is 0 Å². The van der Waals surface area contributed by atoms with Crippen molar-refractivity contribution in [2.75, 3.05) is 26.1 Å². The van der Waals surface area contributed by atoms with Crippen LogP contribution in [0.15, 0.2) is 42.7 Å². The van der Waals surface area contributed by atoms with Crippen LogP contribution >= 0.6 is 0 Å². The van der Waals surface area contributed by atoms with Crippen LogP contribution in [0.3, 0.4) is 0 Å². The Hall–Kier alpha value is -3.29. The highest BCUT2D eigenvalue weighted by molar-refractivity contribution is 6.07. The van der Waals surface area contributed by atoms with Crippen molar-refractivity contribution >= 4 is 39.9 Å². The lowest BCUT2D eigenvalue weighted by molar-refractivity contribution is 0.125. The number of aryl methyl sites for hydroxylation is 1. The molecule has 0 saturated heterocycles. The van der Waals surface area contributed by atoms with Gasteiger partial charge in [0.25, 0.3) is 0 Å². The predicted octanol–water partition coefficient (Wildman–Crippen LogP) is 4.31. The molecule has 7 nitrogen and oxygen atoms in total. The number of aromatic nitrogens is 4. The summed E-state index contributed by atoms with van der Waals surface area (Å²) in [7, 11) is 1.71. The second-order valence-corrected chi connectivity index (χ2v) is 7.25. The Morgan fingerprint density at radius 2 is 2.00 bits per heavy atom. The first kappa shape index (κ1) is 21.0. The van der Waals surface area contributed by atoms with Crippen LogP contribution in [0.1, 0.15) is 30.3 Å². The summed E-state index contributed by atoms with van der Waals surface area (Å²) < 4.78 is 13.1. The van der Waals surface area contributed by atoms with Crippen molar-refractivity contribution in [1.29, 1.82) is 0 Å². The highest BCUT2D eigenvalue weighted by Crippen LogP contribution is 2.30. The quantitative estimate of drug-likeness (QED) is 0.408. The molecule has 0 atom stereocenters. The Bertz CT molecular complexity index is 1200. The number of nitrogens with two attached hydrogens (primary N) is 1. The van der Waals surface area contributed by atoms with Gasteiger partial charge in [-0.2, -0.15) is 0 Å². The molecule has 0 aliphatic rings. The van der Waals surface area contributed by atoms with E-state index in [0.717, 1.165) is 51.9 Å². The number of nitrogen functional groups attached to an aromatic ring is 1. The number of imidazole rings is 1. The molecule has 0 saturated carbocycles.